The highest BCUT2D eigenvalue weighted by Gasteiger charge is 2.33. The van der Waals surface area contributed by atoms with Gasteiger partial charge in [0.05, 0.1) is 43.7 Å². The Morgan fingerprint density at radius 1 is 1.10 bits per heavy atom. The zero-order chi connectivity index (χ0) is 22.1. The Kier molecular flexibility index (Phi) is 6.02. The summed E-state index contributed by atoms with van der Waals surface area (Å²) in [4.78, 5) is 12.6. The first-order valence-corrected chi connectivity index (χ1v) is 11.0. The zero-order valence-electron chi connectivity index (χ0n) is 17.6. The van der Waals surface area contributed by atoms with E-state index < -0.39 is 0 Å². The van der Waals surface area contributed by atoms with E-state index in [1.165, 1.54) is 11.8 Å². The Morgan fingerprint density at radius 2 is 1.81 bits per heavy atom. The number of thioether (sulfide) groups is 1. The number of aryl methyl sites for hydroxylation is 1. The number of hydrogen-bond donors (Lipinski definition) is 1. The largest absolute Gasteiger partial charge is 0.496 e. The molecule has 1 aliphatic heterocycles. The standard InChI is InChI=1S/C22H22ClN3O4S/c1-12-20-21(15-9-17(29-3)18(30-4)10-16(15)28-2)31-11-19(27)24-22(20)26(25-12)14-7-5-6-13(23)8-14/h5-10,21H,11H2,1-4H3,(H,24,27)/t21-/m0/s1. The molecule has 1 atom stereocenters. The van der Waals surface area contributed by atoms with E-state index in [0.717, 1.165) is 22.5 Å². The maximum absolute atomic E-state index is 12.6. The number of aromatic nitrogens is 2. The second kappa shape index (κ2) is 8.72. The summed E-state index contributed by atoms with van der Waals surface area (Å²) in [6.07, 6.45) is 0. The minimum absolute atomic E-state index is 0.101. The lowest BCUT2D eigenvalue weighted by Gasteiger charge is -2.20. The molecule has 0 radical (unpaired) electrons. The fourth-order valence-corrected chi connectivity index (χ4v) is 5.07. The van der Waals surface area contributed by atoms with Gasteiger partial charge in [0.2, 0.25) is 5.91 Å². The van der Waals surface area contributed by atoms with Crippen LogP contribution in [0.4, 0.5) is 5.82 Å². The maximum Gasteiger partial charge on any atom is 0.235 e. The molecule has 1 N–H and O–H groups in total. The number of amides is 1. The van der Waals surface area contributed by atoms with Crippen molar-refractivity contribution in [3.05, 3.63) is 58.2 Å². The maximum atomic E-state index is 12.6. The number of methoxy groups -OCH3 is 3. The molecule has 2 heterocycles. The second-order valence-corrected chi connectivity index (χ2v) is 8.46. The van der Waals surface area contributed by atoms with Crippen LogP contribution in [0.25, 0.3) is 5.69 Å². The predicted molar refractivity (Wildman–Crippen MR) is 122 cm³/mol. The molecule has 1 aliphatic rings. The fraction of sp³-hybridized carbons (Fsp3) is 0.273. The van der Waals surface area contributed by atoms with Gasteiger partial charge < -0.3 is 19.5 Å². The lowest BCUT2D eigenvalue weighted by molar-refractivity contribution is -0.113. The number of nitrogens with one attached hydrogen (secondary N) is 1. The fourth-order valence-electron chi connectivity index (χ4n) is 3.68. The molecule has 3 aromatic rings. The first kappa shape index (κ1) is 21.4. The van der Waals surface area contributed by atoms with Gasteiger partial charge >= 0.3 is 0 Å². The Labute approximate surface area is 189 Å². The molecule has 0 aliphatic carbocycles. The minimum Gasteiger partial charge on any atom is -0.496 e. The van der Waals surface area contributed by atoms with Crippen molar-refractivity contribution in [1.29, 1.82) is 0 Å². The van der Waals surface area contributed by atoms with Crippen LogP contribution in [0, 0.1) is 6.92 Å². The van der Waals surface area contributed by atoms with E-state index in [1.54, 1.807) is 38.1 Å². The van der Waals surface area contributed by atoms with Gasteiger partial charge in [0.25, 0.3) is 0 Å². The molecular weight excluding hydrogens is 438 g/mol. The minimum atomic E-state index is -0.211. The van der Waals surface area contributed by atoms with Crippen molar-refractivity contribution in [2.75, 3.05) is 32.4 Å². The van der Waals surface area contributed by atoms with Crippen LogP contribution in [-0.2, 0) is 4.79 Å². The number of nitrogens with zero attached hydrogens (tertiary/aromatic N) is 2. The molecule has 0 saturated carbocycles. The predicted octanol–water partition coefficient (Wildman–Crippen LogP) is 4.63. The van der Waals surface area contributed by atoms with Crippen molar-refractivity contribution in [1.82, 2.24) is 9.78 Å². The molecular formula is C22H22ClN3O4S. The summed E-state index contributed by atoms with van der Waals surface area (Å²) in [6, 6.07) is 11.0. The summed E-state index contributed by atoms with van der Waals surface area (Å²) < 4.78 is 18.3. The van der Waals surface area contributed by atoms with Crippen molar-refractivity contribution in [3.63, 3.8) is 0 Å². The Hall–Kier alpha value is -2.84. The highest BCUT2D eigenvalue weighted by atomic mass is 35.5. The summed E-state index contributed by atoms with van der Waals surface area (Å²) in [5, 5.41) is 8.12. The first-order valence-electron chi connectivity index (χ1n) is 9.53. The van der Waals surface area contributed by atoms with Gasteiger partial charge in [-0.05, 0) is 31.2 Å². The molecule has 9 heteroatoms. The summed E-state index contributed by atoms with van der Waals surface area (Å²) in [5.74, 6) is 2.61. The van der Waals surface area contributed by atoms with Crippen LogP contribution < -0.4 is 19.5 Å². The van der Waals surface area contributed by atoms with Crippen LogP contribution in [0.3, 0.4) is 0 Å². The lowest BCUT2D eigenvalue weighted by Crippen LogP contribution is -2.15. The van der Waals surface area contributed by atoms with E-state index in [0.29, 0.717) is 28.1 Å². The lowest BCUT2D eigenvalue weighted by atomic mass is 10.0. The normalized spacial score (nSPS) is 15.6. The van der Waals surface area contributed by atoms with Gasteiger partial charge in [0.1, 0.15) is 11.6 Å². The molecule has 7 nitrogen and oxygen atoms in total. The number of anilines is 1. The Morgan fingerprint density at radius 3 is 2.48 bits per heavy atom. The van der Waals surface area contributed by atoms with Crippen LogP contribution in [0.5, 0.6) is 17.2 Å². The van der Waals surface area contributed by atoms with E-state index in [-0.39, 0.29) is 16.9 Å². The van der Waals surface area contributed by atoms with Crippen LogP contribution in [0.1, 0.15) is 22.1 Å². The van der Waals surface area contributed by atoms with E-state index in [2.05, 4.69) is 5.32 Å². The Bertz CT molecular complexity index is 1150. The summed E-state index contributed by atoms with van der Waals surface area (Å²) in [7, 11) is 4.78. The number of hydrogen-bond acceptors (Lipinski definition) is 6. The van der Waals surface area contributed by atoms with Gasteiger partial charge in [-0.3, -0.25) is 4.79 Å². The van der Waals surface area contributed by atoms with Gasteiger partial charge in [-0.1, -0.05) is 17.7 Å². The van der Waals surface area contributed by atoms with Crippen LogP contribution >= 0.6 is 23.4 Å². The molecule has 4 rings (SSSR count). The van der Waals surface area contributed by atoms with Crippen LogP contribution in [0.2, 0.25) is 5.02 Å². The zero-order valence-corrected chi connectivity index (χ0v) is 19.1. The molecule has 0 fully saturated rings. The number of benzene rings is 2. The number of carbonyl (C=O) groups is 1. The van der Waals surface area contributed by atoms with Gasteiger partial charge in [-0.25, -0.2) is 4.68 Å². The van der Waals surface area contributed by atoms with E-state index in [1.807, 2.05) is 31.2 Å². The van der Waals surface area contributed by atoms with Crippen molar-refractivity contribution in [2.45, 2.75) is 12.2 Å². The molecule has 0 spiro atoms. The Balaban J connectivity index is 1.93. The third-order valence-electron chi connectivity index (χ3n) is 5.08. The smallest absolute Gasteiger partial charge is 0.235 e. The summed E-state index contributed by atoms with van der Waals surface area (Å²) in [5.41, 5.74) is 3.34. The van der Waals surface area contributed by atoms with Crippen molar-refractivity contribution >= 4 is 35.1 Å². The van der Waals surface area contributed by atoms with E-state index in [9.17, 15) is 4.79 Å². The quantitative estimate of drug-likeness (QED) is 0.599. The SMILES string of the molecule is COc1cc(OC)c([C@@H]2SCC(=O)Nc3c2c(C)nn3-c2cccc(Cl)c2)cc1OC. The monoisotopic (exact) mass is 459 g/mol. The second-order valence-electron chi connectivity index (χ2n) is 6.93. The van der Waals surface area contributed by atoms with Gasteiger partial charge in [-0.2, -0.15) is 5.10 Å². The van der Waals surface area contributed by atoms with E-state index in [4.69, 9.17) is 30.9 Å². The number of rotatable bonds is 5. The number of fused-ring (bicyclic) bond motifs is 1. The summed E-state index contributed by atoms with van der Waals surface area (Å²) >= 11 is 7.70. The summed E-state index contributed by atoms with van der Waals surface area (Å²) in [6.45, 7) is 1.93. The molecule has 0 unspecified atom stereocenters. The number of carbonyl (C=O) groups excluding carboxylic acids is 1. The van der Waals surface area contributed by atoms with Crippen LogP contribution in [0.15, 0.2) is 36.4 Å². The van der Waals surface area contributed by atoms with Crippen molar-refractivity contribution < 1.29 is 19.0 Å². The third kappa shape index (κ3) is 3.93. The number of ether oxygens (including phenoxy) is 3. The molecule has 1 aromatic heterocycles. The topological polar surface area (TPSA) is 74.6 Å². The third-order valence-corrected chi connectivity index (χ3v) is 6.57. The van der Waals surface area contributed by atoms with Crippen molar-refractivity contribution in [2.24, 2.45) is 0 Å². The highest BCUT2D eigenvalue weighted by Crippen LogP contribution is 2.49. The highest BCUT2D eigenvalue weighted by molar-refractivity contribution is 8.00. The molecule has 0 bridgehead atoms. The van der Waals surface area contributed by atoms with E-state index >= 15 is 0 Å². The van der Waals surface area contributed by atoms with Gasteiger partial charge in [-0.15, -0.1) is 11.8 Å². The molecule has 1 amide bonds. The molecule has 31 heavy (non-hydrogen) atoms. The first-order chi connectivity index (χ1) is 15.0. The molecule has 162 valence electrons. The molecule has 0 saturated heterocycles. The average molecular weight is 460 g/mol. The van der Waals surface area contributed by atoms with Gasteiger partial charge in [0, 0.05) is 22.2 Å². The van der Waals surface area contributed by atoms with Crippen molar-refractivity contribution in [3.8, 4) is 22.9 Å². The average Bonchev–Trinajstić information content (AvgIpc) is 2.98. The molecule has 2 aromatic carbocycles. The van der Waals surface area contributed by atoms with Gasteiger partial charge in [0.15, 0.2) is 11.5 Å². The van der Waals surface area contributed by atoms with Crippen LogP contribution in [-0.4, -0.2) is 42.8 Å². The number of halogens is 1.